The third kappa shape index (κ3) is 4.98. The van der Waals surface area contributed by atoms with Gasteiger partial charge in [-0.2, -0.15) is 0 Å². The molecule has 19 heavy (non-hydrogen) atoms. The van der Waals surface area contributed by atoms with Crippen LogP contribution >= 0.6 is 23.2 Å². The zero-order valence-corrected chi connectivity index (χ0v) is 13.9. The summed E-state index contributed by atoms with van der Waals surface area (Å²) in [5, 5.41) is 5.03. The van der Waals surface area contributed by atoms with E-state index in [1.165, 1.54) is 18.4 Å². The van der Waals surface area contributed by atoms with Crippen LogP contribution < -0.4 is 5.32 Å². The average Bonchev–Trinajstić information content (AvgIpc) is 2.35. The molecule has 108 valence electrons. The van der Waals surface area contributed by atoms with Crippen molar-refractivity contribution in [1.82, 2.24) is 5.32 Å². The lowest BCUT2D eigenvalue weighted by Gasteiger charge is -2.28. The van der Waals surface area contributed by atoms with Gasteiger partial charge in [-0.25, -0.2) is 0 Å². The fourth-order valence-corrected chi connectivity index (χ4v) is 3.10. The molecule has 1 atom stereocenters. The Labute approximate surface area is 127 Å². The summed E-state index contributed by atoms with van der Waals surface area (Å²) in [6, 6.07) is 6.36. The van der Waals surface area contributed by atoms with Crippen LogP contribution in [0.1, 0.15) is 52.0 Å². The van der Waals surface area contributed by atoms with E-state index in [9.17, 15) is 0 Å². The van der Waals surface area contributed by atoms with Crippen LogP contribution in [0.2, 0.25) is 10.0 Å². The van der Waals surface area contributed by atoms with E-state index < -0.39 is 0 Å². The third-order valence-electron chi connectivity index (χ3n) is 3.73. The molecule has 0 aliphatic carbocycles. The summed E-state index contributed by atoms with van der Waals surface area (Å²) in [7, 11) is 0. The maximum atomic E-state index is 6.39. The van der Waals surface area contributed by atoms with Crippen molar-refractivity contribution in [3.8, 4) is 0 Å². The van der Waals surface area contributed by atoms with Crippen LogP contribution in [0.5, 0.6) is 0 Å². The molecule has 0 fully saturated rings. The number of rotatable bonds is 7. The number of benzene rings is 1. The summed E-state index contributed by atoms with van der Waals surface area (Å²) in [5.41, 5.74) is 1.22. The van der Waals surface area contributed by atoms with E-state index in [-0.39, 0.29) is 0 Å². The Morgan fingerprint density at radius 1 is 1.11 bits per heavy atom. The van der Waals surface area contributed by atoms with Gasteiger partial charge in [0, 0.05) is 28.5 Å². The Morgan fingerprint density at radius 2 is 1.74 bits per heavy atom. The maximum Gasteiger partial charge on any atom is 0.0456 e. The molecule has 1 aromatic rings. The predicted octanol–water partition coefficient (Wildman–Crippen LogP) is 5.51. The van der Waals surface area contributed by atoms with Crippen molar-refractivity contribution in [2.24, 2.45) is 5.92 Å². The summed E-state index contributed by atoms with van der Waals surface area (Å²) in [4.78, 5) is 0. The van der Waals surface area contributed by atoms with Crippen LogP contribution in [-0.2, 0) is 0 Å². The lowest BCUT2D eigenvalue weighted by atomic mass is 9.82. The van der Waals surface area contributed by atoms with Crippen molar-refractivity contribution < 1.29 is 0 Å². The molecule has 0 heterocycles. The molecule has 0 bridgehead atoms. The second kappa shape index (κ2) is 8.14. The first-order valence-electron chi connectivity index (χ1n) is 7.17. The molecule has 0 aromatic heterocycles. The summed E-state index contributed by atoms with van der Waals surface area (Å²) < 4.78 is 0. The largest absolute Gasteiger partial charge is 0.314 e. The fourth-order valence-electron chi connectivity index (χ4n) is 2.55. The SMILES string of the molecule is CCC(CC)C(CNC(C)C)c1ccc(Cl)cc1Cl. The maximum absolute atomic E-state index is 6.39. The normalized spacial score (nSPS) is 13.3. The quantitative estimate of drug-likeness (QED) is 0.700. The van der Waals surface area contributed by atoms with Gasteiger partial charge in [-0.1, -0.05) is 69.8 Å². The summed E-state index contributed by atoms with van der Waals surface area (Å²) >= 11 is 12.4. The molecule has 0 spiro atoms. The van der Waals surface area contributed by atoms with Crippen molar-refractivity contribution in [2.45, 2.75) is 52.5 Å². The highest BCUT2D eigenvalue weighted by Gasteiger charge is 2.22. The minimum atomic E-state index is 0.446. The van der Waals surface area contributed by atoms with Crippen LogP contribution in [0.25, 0.3) is 0 Å². The van der Waals surface area contributed by atoms with E-state index in [1.54, 1.807) is 0 Å². The Kier molecular flexibility index (Phi) is 7.20. The molecule has 0 aliphatic rings. The average molecular weight is 302 g/mol. The first-order chi connectivity index (χ1) is 8.99. The molecule has 0 aliphatic heterocycles. The van der Waals surface area contributed by atoms with Gasteiger partial charge in [0.25, 0.3) is 0 Å². The number of halogens is 2. The molecular formula is C16H25Cl2N. The lowest BCUT2D eigenvalue weighted by molar-refractivity contribution is 0.370. The van der Waals surface area contributed by atoms with Gasteiger partial charge >= 0.3 is 0 Å². The van der Waals surface area contributed by atoms with Crippen molar-refractivity contribution >= 4 is 23.2 Å². The summed E-state index contributed by atoms with van der Waals surface area (Å²) in [6.45, 7) is 9.81. The Balaban J connectivity index is 3.00. The summed E-state index contributed by atoms with van der Waals surface area (Å²) in [6.07, 6.45) is 2.33. The van der Waals surface area contributed by atoms with E-state index in [0.29, 0.717) is 22.9 Å². The van der Waals surface area contributed by atoms with Crippen LogP contribution in [0, 0.1) is 5.92 Å². The topological polar surface area (TPSA) is 12.0 Å². The van der Waals surface area contributed by atoms with Crippen LogP contribution in [0.3, 0.4) is 0 Å². The van der Waals surface area contributed by atoms with Crippen molar-refractivity contribution in [3.63, 3.8) is 0 Å². The Hall–Kier alpha value is -0.240. The van der Waals surface area contributed by atoms with E-state index in [4.69, 9.17) is 23.2 Å². The molecule has 3 heteroatoms. The standard InChI is InChI=1S/C16H25Cl2N/c1-5-12(6-2)15(10-19-11(3)4)14-8-7-13(17)9-16(14)18/h7-9,11-12,15,19H,5-6,10H2,1-4H3. The van der Waals surface area contributed by atoms with Gasteiger partial charge in [-0.05, 0) is 23.6 Å². The van der Waals surface area contributed by atoms with Gasteiger partial charge in [-0.3, -0.25) is 0 Å². The highest BCUT2D eigenvalue weighted by molar-refractivity contribution is 6.35. The molecule has 0 saturated carbocycles. The molecule has 0 radical (unpaired) electrons. The second-order valence-corrected chi connectivity index (χ2v) is 6.26. The van der Waals surface area contributed by atoms with Crippen molar-refractivity contribution in [1.29, 1.82) is 0 Å². The number of hydrogen-bond acceptors (Lipinski definition) is 1. The highest BCUT2D eigenvalue weighted by Crippen LogP contribution is 2.35. The smallest absolute Gasteiger partial charge is 0.0456 e. The minimum Gasteiger partial charge on any atom is -0.314 e. The van der Waals surface area contributed by atoms with Gasteiger partial charge in [-0.15, -0.1) is 0 Å². The van der Waals surface area contributed by atoms with Crippen molar-refractivity contribution in [3.05, 3.63) is 33.8 Å². The van der Waals surface area contributed by atoms with E-state index >= 15 is 0 Å². The Bertz CT molecular complexity index is 386. The van der Waals surface area contributed by atoms with Gasteiger partial charge in [0.1, 0.15) is 0 Å². The van der Waals surface area contributed by atoms with Crippen molar-refractivity contribution in [2.75, 3.05) is 6.54 Å². The molecule has 1 unspecified atom stereocenters. The molecule has 1 N–H and O–H groups in total. The van der Waals surface area contributed by atoms with Gasteiger partial charge in [0.2, 0.25) is 0 Å². The molecule has 0 saturated heterocycles. The van der Waals surface area contributed by atoms with E-state index in [2.05, 4.69) is 39.1 Å². The lowest BCUT2D eigenvalue weighted by Crippen LogP contribution is -2.31. The fraction of sp³-hybridized carbons (Fsp3) is 0.625. The first-order valence-corrected chi connectivity index (χ1v) is 7.93. The third-order valence-corrected chi connectivity index (χ3v) is 4.29. The molecule has 1 rings (SSSR count). The van der Waals surface area contributed by atoms with Crippen LogP contribution in [0.15, 0.2) is 18.2 Å². The zero-order chi connectivity index (χ0) is 14.4. The Morgan fingerprint density at radius 3 is 2.21 bits per heavy atom. The molecular weight excluding hydrogens is 277 g/mol. The van der Waals surface area contributed by atoms with Gasteiger partial charge < -0.3 is 5.32 Å². The van der Waals surface area contributed by atoms with E-state index in [1.807, 2.05) is 12.1 Å². The molecule has 0 amide bonds. The molecule has 1 nitrogen and oxygen atoms in total. The number of hydrogen-bond donors (Lipinski definition) is 1. The van der Waals surface area contributed by atoms with Gasteiger partial charge in [0.05, 0.1) is 0 Å². The van der Waals surface area contributed by atoms with Crippen LogP contribution in [-0.4, -0.2) is 12.6 Å². The molecule has 1 aromatic carbocycles. The van der Waals surface area contributed by atoms with E-state index in [0.717, 1.165) is 11.6 Å². The zero-order valence-electron chi connectivity index (χ0n) is 12.3. The predicted molar refractivity (Wildman–Crippen MR) is 86.4 cm³/mol. The second-order valence-electron chi connectivity index (χ2n) is 5.41. The highest BCUT2D eigenvalue weighted by atomic mass is 35.5. The first kappa shape index (κ1) is 16.8. The minimum absolute atomic E-state index is 0.446. The number of nitrogens with one attached hydrogen (secondary N) is 1. The van der Waals surface area contributed by atoms with Crippen LogP contribution in [0.4, 0.5) is 0 Å². The monoisotopic (exact) mass is 301 g/mol. The van der Waals surface area contributed by atoms with Gasteiger partial charge in [0.15, 0.2) is 0 Å². The summed E-state index contributed by atoms with van der Waals surface area (Å²) in [5.74, 6) is 1.09.